The minimum atomic E-state index is 0.108. The molecule has 2 rings (SSSR count). The summed E-state index contributed by atoms with van der Waals surface area (Å²) in [4.78, 5) is 0. The zero-order valence-corrected chi connectivity index (χ0v) is 12.7. The Morgan fingerprint density at radius 3 is 2.37 bits per heavy atom. The van der Waals surface area contributed by atoms with E-state index in [4.69, 9.17) is 4.42 Å². The van der Waals surface area contributed by atoms with Crippen LogP contribution in [-0.4, -0.2) is 5.54 Å². The van der Waals surface area contributed by atoms with Crippen molar-refractivity contribution in [2.45, 2.75) is 53.1 Å². The van der Waals surface area contributed by atoms with Crippen molar-refractivity contribution in [3.8, 4) is 0 Å². The van der Waals surface area contributed by atoms with Gasteiger partial charge in [-0.05, 0) is 37.8 Å². The first kappa shape index (κ1) is 14.1. The summed E-state index contributed by atoms with van der Waals surface area (Å²) in [6.07, 6.45) is 1.13. The minimum absolute atomic E-state index is 0.108. The van der Waals surface area contributed by atoms with Gasteiger partial charge in [0.25, 0.3) is 0 Å². The third kappa shape index (κ3) is 4.10. The van der Waals surface area contributed by atoms with Crippen LogP contribution in [0.1, 0.15) is 46.8 Å². The van der Waals surface area contributed by atoms with Crippen molar-refractivity contribution < 1.29 is 4.42 Å². The lowest BCUT2D eigenvalue weighted by atomic mass is 9.82. The number of rotatable bonds is 4. The summed E-state index contributed by atoms with van der Waals surface area (Å²) in [6, 6.07) is 10.3. The Labute approximate surface area is 116 Å². The molecule has 0 atom stereocenters. The predicted molar refractivity (Wildman–Crippen MR) is 81.2 cm³/mol. The van der Waals surface area contributed by atoms with E-state index in [1.807, 2.05) is 18.2 Å². The molecule has 19 heavy (non-hydrogen) atoms. The van der Waals surface area contributed by atoms with Crippen LogP contribution in [0.5, 0.6) is 0 Å². The van der Waals surface area contributed by atoms with Crippen LogP contribution < -0.4 is 5.32 Å². The van der Waals surface area contributed by atoms with Crippen LogP contribution in [0.2, 0.25) is 0 Å². The smallest absolute Gasteiger partial charge is 0.134 e. The molecule has 0 bridgehead atoms. The van der Waals surface area contributed by atoms with E-state index in [1.54, 1.807) is 0 Å². The monoisotopic (exact) mass is 259 g/mol. The second kappa shape index (κ2) is 5.01. The van der Waals surface area contributed by atoms with Gasteiger partial charge < -0.3 is 9.73 Å². The van der Waals surface area contributed by atoms with Gasteiger partial charge >= 0.3 is 0 Å². The van der Waals surface area contributed by atoms with Crippen LogP contribution in [0, 0.1) is 5.41 Å². The summed E-state index contributed by atoms with van der Waals surface area (Å²) in [7, 11) is 0. The third-order valence-corrected chi connectivity index (χ3v) is 3.19. The van der Waals surface area contributed by atoms with Gasteiger partial charge in [0.15, 0.2) is 0 Å². The van der Waals surface area contributed by atoms with E-state index in [0.29, 0.717) is 5.41 Å². The van der Waals surface area contributed by atoms with Crippen molar-refractivity contribution in [1.82, 2.24) is 5.32 Å². The van der Waals surface area contributed by atoms with Gasteiger partial charge in [-0.2, -0.15) is 0 Å². The molecule has 2 nitrogen and oxygen atoms in total. The van der Waals surface area contributed by atoms with Crippen LogP contribution in [0.3, 0.4) is 0 Å². The number of nitrogens with one attached hydrogen (secondary N) is 1. The molecule has 0 saturated heterocycles. The molecule has 0 spiro atoms. The fraction of sp³-hybridized carbons (Fsp3) is 0.529. The summed E-state index contributed by atoms with van der Waals surface area (Å²) < 4.78 is 5.83. The molecule has 1 aromatic heterocycles. The molecule has 104 valence electrons. The summed E-state index contributed by atoms with van der Waals surface area (Å²) in [6.45, 7) is 12.1. The molecule has 0 aliphatic carbocycles. The molecule has 0 radical (unpaired) electrons. The van der Waals surface area contributed by atoms with Crippen molar-refractivity contribution in [2.24, 2.45) is 5.41 Å². The summed E-state index contributed by atoms with van der Waals surface area (Å²) >= 11 is 0. The van der Waals surface area contributed by atoms with Gasteiger partial charge in [0.2, 0.25) is 0 Å². The maximum Gasteiger partial charge on any atom is 0.134 e. The second-order valence-corrected chi connectivity index (χ2v) is 7.23. The van der Waals surface area contributed by atoms with Gasteiger partial charge in [0, 0.05) is 10.9 Å². The van der Waals surface area contributed by atoms with Crippen LogP contribution in [0.15, 0.2) is 34.7 Å². The lowest BCUT2D eigenvalue weighted by molar-refractivity contribution is 0.236. The molecule has 1 aromatic carbocycles. The zero-order chi connectivity index (χ0) is 14.1. The summed E-state index contributed by atoms with van der Waals surface area (Å²) in [5.74, 6) is 1.00. The number of fused-ring (bicyclic) bond motifs is 1. The third-order valence-electron chi connectivity index (χ3n) is 3.19. The van der Waals surface area contributed by atoms with Crippen LogP contribution in [0.25, 0.3) is 11.0 Å². The fourth-order valence-electron chi connectivity index (χ4n) is 2.84. The number of hydrogen-bond acceptors (Lipinski definition) is 2. The Morgan fingerprint density at radius 1 is 1.05 bits per heavy atom. The lowest BCUT2D eigenvalue weighted by Gasteiger charge is -2.33. The van der Waals surface area contributed by atoms with Gasteiger partial charge in [0.1, 0.15) is 11.3 Å². The van der Waals surface area contributed by atoms with Gasteiger partial charge in [-0.15, -0.1) is 0 Å². The first-order chi connectivity index (χ1) is 8.75. The lowest BCUT2D eigenvalue weighted by Crippen LogP contribution is -2.41. The quantitative estimate of drug-likeness (QED) is 0.858. The Hall–Kier alpha value is -1.28. The van der Waals surface area contributed by atoms with E-state index >= 15 is 0 Å². The van der Waals surface area contributed by atoms with Crippen molar-refractivity contribution in [2.75, 3.05) is 0 Å². The average Bonchev–Trinajstić information content (AvgIpc) is 2.66. The highest BCUT2D eigenvalue weighted by Crippen LogP contribution is 2.27. The molecule has 0 amide bonds. The van der Waals surface area contributed by atoms with Crippen molar-refractivity contribution >= 4 is 11.0 Å². The molecular weight excluding hydrogens is 234 g/mol. The van der Waals surface area contributed by atoms with Gasteiger partial charge in [-0.3, -0.25) is 0 Å². The van der Waals surface area contributed by atoms with Gasteiger partial charge in [-0.1, -0.05) is 39.0 Å². The Balaban J connectivity index is 2.01. The fourth-order valence-corrected chi connectivity index (χ4v) is 2.84. The molecule has 0 saturated carbocycles. The van der Waals surface area contributed by atoms with Crippen LogP contribution in [-0.2, 0) is 6.54 Å². The minimum Gasteiger partial charge on any atom is -0.460 e. The summed E-state index contributed by atoms with van der Waals surface area (Å²) in [5, 5.41) is 4.77. The van der Waals surface area contributed by atoms with Crippen molar-refractivity contribution in [3.63, 3.8) is 0 Å². The topological polar surface area (TPSA) is 25.2 Å². The largest absolute Gasteiger partial charge is 0.460 e. The predicted octanol–water partition coefficient (Wildman–Crippen LogP) is 4.74. The Kier molecular flexibility index (Phi) is 3.73. The number of hydrogen-bond donors (Lipinski definition) is 1. The van der Waals surface area contributed by atoms with E-state index in [9.17, 15) is 0 Å². The number of para-hydroxylation sites is 1. The summed E-state index contributed by atoms with van der Waals surface area (Å²) in [5.41, 5.74) is 1.40. The molecule has 2 heteroatoms. The Morgan fingerprint density at radius 2 is 1.74 bits per heavy atom. The molecule has 1 heterocycles. The highest BCUT2D eigenvalue weighted by atomic mass is 16.3. The maximum absolute atomic E-state index is 5.83. The zero-order valence-electron chi connectivity index (χ0n) is 12.7. The first-order valence-corrected chi connectivity index (χ1v) is 6.98. The molecule has 0 aliphatic heterocycles. The number of furan rings is 1. The average molecular weight is 259 g/mol. The highest BCUT2D eigenvalue weighted by molar-refractivity contribution is 5.77. The normalized spacial score (nSPS) is 13.1. The van der Waals surface area contributed by atoms with E-state index in [2.05, 4.69) is 52.1 Å². The molecule has 2 aromatic rings. The molecular formula is C17H25NO. The molecule has 0 aliphatic rings. The maximum atomic E-state index is 5.83. The van der Waals surface area contributed by atoms with Crippen molar-refractivity contribution in [3.05, 3.63) is 36.1 Å². The Bertz CT molecular complexity index is 513. The SMILES string of the molecule is CC(C)(C)CC(C)(C)NCc1cc2ccccc2o1. The number of benzene rings is 1. The van der Waals surface area contributed by atoms with Crippen LogP contribution in [0.4, 0.5) is 0 Å². The van der Waals surface area contributed by atoms with E-state index in [-0.39, 0.29) is 5.54 Å². The van der Waals surface area contributed by atoms with Crippen molar-refractivity contribution in [1.29, 1.82) is 0 Å². The van der Waals surface area contributed by atoms with E-state index in [1.165, 1.54) is 5.39 Å². The van der Waals surface area contributed by atoms with E-state index in [0.717, 1.165) is 24.3 Å². The first-order valence-electron chi connectivity index (χ1n) is 6.98. The standard InChI is InChI=1S/C17H25NO/c1-16(2,3)12-17(4,5)18-11-14-10-13-8-6-7-9-15(13)19-14/h6-10,18H,11-12H2,1-5H3. The van der Waals surface area contributed by atoms with Crippen LogP contribution >= 0.6 is 0 Å². The van der Waals surface area contributed by atoms with Gasteiger partial charge in [-0.25, -0.2) is 0 Å². The molecule has 0 fully saturated rings. The molecule has 1 N–H and O–H groups in total. The molecule has 0 unspecified atom stereocenters. The van der Waals surface area contributed by atoms with Gasteiger partial charge in [0.05, 0.1) is 6.54 Å². The highest BCUT2D eigenvalue weighted by Gasteiger charge is 2.25. The van der Waals surface area contributed by atoms with E-state index < -0.39 is 0 Å². The second-order valence-electron chi connectivity index (χ2n) is 7.23.